The molecule has 208 valence electrons. The van der Waals surface area contributed by atoms with Crippen molar-refractivity contribution in [2.45, 2.75) is 135 Å². The number of hydrogen-bond acceptors (Lipinski definition) is 0. The second-order valence-electron chi connectivity index (χ2n) is 11.7. The highest BCUT2D eigenvalue weighted by molar-refractivity contribution is 5.30. The van der Waals surface area contributed by atoms with Crippen LogP contribution < -0.4 is 4.57 Å². The molecular weight excluding hydrogens is 460 g/mol. The van der Waals surface area contributed by atoms with Gasteiger partial charge in [-0.2, -0.15) is 0 Å². The van der Waals surface area contributed by atoms with Crippen molar-refractivity contribution in [3.8, 4) is 0 Å². The van der Waals surface area contributed by atoms with Crippen LogP contribution in [0.2, 0.25) is 0 Å². The molecule has 0 saturated carbocycles. The third-order valence-corrected chi connectivity index (χ3v) is 8.56. The number of benzene rings is 2. The number of aromatic nitrogens is 2. The summed E-state index contributed by atoms with van der Waals surface area (Å²) < 4.78 is 4.90. The second kappa shape index (κ2) is 17.3. The lowest BCUT2D eigenvalue weighted by molar-refractivity contribution is -0.697. The van der Waals surface area contributed by atoms with E-state index in [0.717, 1.165) is 19.4 Å². The van der Waals surface area contributed by atoms with Gasteiger partial charge in [0, 0.05) is 5.41 Å². The molecular formula is C36H55N2+. The van der Waals surface area contributed by atoms with Crippen LogP contribution in [0.15, 0.2) is 79.4 Å². The first kappa shape index (κ1) is 30.2. The Morgan fingerprint density at radius 3 is 1.76 bits per heavy atom. The summed E-state index contributed by atoms with van der Waals surface area (Å²) in [5.41, 5.74) is 2.85. The molecule has 2 aromatic carbocycles. The van der Waals surface area contributed by atoms with Gasteiger partial charge in [-0.1, -0.05) is 152 Å². The number of nitrogens with zero attached hydrogens (tertiary/aromatic N) is 2. The molecule has 0 fully saturated rings. The van der Waals surface area contributed by atoms with E-state index in [2.05, 4.69) is 109 Å². The zero-order valence-electron chi connectivity index (χ0n) is 24.8. The van der Waals surface area contributed by atoms with Crippen molar-refractivity contribution in [3.05, 3.63) is 90.5 Å². The van der Waals surface area contributed by atoms with Gasteiger partial charge in [-0.25, -0.2) is 9.13 Å². The Labute approximate surface area is 234 Å². The molecule has 0 radical (unpaired) electrons. The lowest BCUT2D eigenvalue weighted by Crippen LogP contribution is -2.37. The summed E-state index contributed by atoms with van der Waals surface area (Å²) in [6.45, 7) is 8.22. The van der Waals surface area contributed by atoms with Crippen LogP contribution in [0.25, 0.3) is 0 Å². The summed E-state index contributed by atoms with van der Waals surface area (Å²) >= 11 is 0. The van der Waals surface area contributed by atoms with Crippen LogP contribution in [0.5, 0.6) is 0 Å². The highest BCUT2D eigenvalue weighted by Crippen LogP contribution is 2.40. The molecule has 2 nitrogen and oxygen atoms in total. The van der Waals surface area contributed by atoms with E-state index < -0.39 is 0 Å². The lowest BCUT2D eigenvalue weighted by atomic mass is 9.70. The first-order valence-electron chi connectivity index (χ1n) is 15.8. The predicted octanol–water partition coefficient (Wildman–Crippen LogP) is 10.0. The van der Waals surface area contributed by atoms with Gasteiger partial charge in [0.25, 0.3) is 0 Å². The molecule has 3 aromatic rings. The molecule has 1 heterocycles. The molecule has 38 heavy (non-hydrogen) atoms. The number of aryl methyl sites for hydroxylation is 1. The van der Waals surface area contributed by atoms with Crippen molar-refractivity contribution in [2.24, 2.45) is 0 Å². The highest BCUT2D eigenvalue weighted by Gasteiger charge is 2.39. The van der Waals surface area contributed by atoms with E-state index in [9.17, 15) is 0 Å². The minimum atomic E-state index is 0.0176. The van der Waals surface area contributed by atoms with Crippen LogP contribution in [0.3, 0.4) is 0 Å². The maximum atomic E-state index is 2.48. The van der Waals surface area contributed by atoms with E-state index in [0.29, 0.717) is 6.04 Å². The Morgan fingerprint density at radius 2 is 1.21 bits per heavy atom. The van der Waals surface area contributed by atoms with Gasteiger partial charge in [-0.3, -0.25) is 0 Å². The van der Waals surface area contributed by atoms with Crippen molar-refractivity contribution in [3.63, 3.8) is 0 Å². The first-order chi connectivity index (χ1) is 18.7. The minimum absolute atomic E-state index is 0.0176. The van der Waals surface area contributed by atoms with E-state index in [1.54, 1.807) is 0 Å². The third kappa shape index (κ3) is 9.75. The van der Waals surface area contributed by atoms with Crippen LogP contribution in [-0.2, 0) is 18.4 Å². The largest absolute Gasteiger partial charge is 0.244 e. The SMILES string of the molecule is CCCCCCCCCCCCCCC[n+]1ccn(C(CC)C(C)(Cc2ccccc2)c2ccccc2)c1. The van der Waals surface area contributed by atoms with Crippen LogP contribution in [0.1, 0.15) is 128 Å². The Bertz CT molecular complexity index is 977. The van der Waals surface area contributed by atoms with Gasteiger partial charge < -0.3 is 0 Å². The molecule has 0 spiro atoms. The Kier molecular flexibility index (Phi) is 13.7. The molecule has 1 aromatic heterocycles. The monoisotopic (exact) mass is 515 g/mol. The topological polar surface area (TPSA) is 8.81 Å². The highest BCUT2D eigenvalue weighted by atomic mass is 15.1. The normalized spacial score (nSPS) is 13.9. The molecule has 2 unspecified atom stereocenters. The average Bonchev–Trinajstić information content (AvgIpc) is 3.41. The average molecular weight is 516 g/mol. The molecule has 0 aliphatic rings. The van der Waals surface area contributed by atoms with E-state index in [1.807, 2.05) is 0 Å². The smallest absolute Gasteiger partial charge is 0.237 e. The van der Waals surface area contributed by atoms with Crippen LogP contribution in [0.4, 0.5) is 0 Å². The Balaban J connectivity index is 1.45. The number of imidazole rings is 1. The lowest BCUT2D eigenvalue weighted by Gasteiger charge is -2.36. The summed E-state index contributed by atoms with van der Waals surface area (Å²) in [6, 6.07) is 22.6. The molecule has 2 heteroatoms. The predicted molar refractivity (Wildman–Crippen MR) is 164 cm³/mol. The van der Waals surface area contributed by atoms with Crippen molar-refractivity contribution >= 4 is 0 Å². The van der Waals surface area contributed by atoms with Crippen molar-refractivity contribution < 1.29 is 4.57 Å². The quantitative estimate of drug-likeness (QED) is 0.105. The van der Waals surface area contributed by atoms with Crippen molar-refractivity contribution in [1.82, 2.24) is 4.57 Å². The fraction of sp³-hybridized carbons (Fsp3) is 0.583. The van der Waals surface area contributed by atoms with Crippen LogP contribution in [-0.4, -0.2) is 4.57 Å². The molecule has 0 aliphatic carbocycles. The standard InChI is InChI=1S/C36H55N2/c1-4-6-7-8-9-10-11-12-13-14-15-16-23-28-37-29-30-38(32-37)35(5-2)36(3,34-26-21-18-22-27-34)31-33-24-19-17-20-25-33/h17-22,24-27,29-30,32,35H,4-16,23,28,31H2,1-3H3/q+1. The summed E-state index contributed by atoms with van der Waals surface area (Å²) in [4.78, 5) is 0. The van der Waals surface area contributed by atoms with Gasteiger partial charge in [-0.15, -0.1) is 0 Å². The fourth-order valence-electron chi connectivity index (χ4n) is 6.28. The number of hydrogen-bond donors (Lipinski definition) is 0. The van der Waals surface area contributed by atoms with E-state index in [-0.39, 0.29) is 5.41 Å². The molecule has 0 N–H and O–H groups in total. The Morgan fingerprint density at radius 1 is 0.684 bits per heavy atom. The minimum Gasteiger partial charge on any atom is -0.237 e. The fourth-order valence-corrected chi connectivity index (χ4v) is 6.28. The Hall–Kier alpha value is -2.35. The molecule has 0 aliphatic heterocycles. The summed E-state index contributed by atoms with van der Waals surface area (Å²) in [6.07, 6.45) is 27.4. The van der Waals surface area contributed by atoms with Crippen molar-refractivity contribution in [1.29, 1.82) is 0 Å². The summed E-state index contributed by atoms with van der Waals surface area (Å²) in [5.74, 6) is 0. The summed E-state index contributed by atoms with van der Waals surface area (Å²) in [5, 5.41) is 0. The van der Waals surface area contributed by atoms with Crippen LogP contribution in [0, 0.1) is 0 Å². The van der Waals surface area contributed by atoms with Crippen LogP contribution >= 0.6 is 0 Å². The third-order valence-electron chi connectivity index (χ3n) is 8.56. The molecule has 0 bridgehead atoms. The van der Waals surface area contributed by atoms with E-state index in [4.69, 9.17) is 0 Å². The first-order valence-corrected chi connectivity index (χ1v) is 15.8. The van der Waals surface area contributed by atoms with E-state index in [1.165, 1.54) is 94.6 Å². The van der Waals surface area contributed by atoms with Crippen molar-refractivity contribution in [2.75, 3.05) is 0 Å². The maximum absolute atomic E-state index is 2.48. The van der Waals surface area contributed by atoms with Gasteiger partial charge in [-0.05, 0) is 36.8 Å². The molecule has 0 saturated heterocycles. The zero-order valence-corrected chi connectivity index (χ0v) is 24.8. The number of unbranched alkanes of at least 4 members (excludes halogenated alkanes) is 12. The molecule has 0 amide bonds. The van der Waals surface area contributed by atoms with Gasteiger partial charge in [0.15, 0.2) is 0 Å². The molecule has 3 rings (SSSR count). The van der Waals surface area contributed by atoms with E-state index >= 15 is 0 Å². The van der Waals surface area contributed by atoms with Gasteiger partial charge >= 0.3 is 0 Å². The maximum Gasteiger partial charge on any atom is 0.244 e. The van der Waals surface area contributed by atoms with Gasteiger partial charge in [0.1, 0.15) is 18.4 Å². The van der Waals surface area contributed by atoms with Gasteiger partial charge in [0.2, 0.25) is 6.33 Å². The zero-order chi connectivity index (χ0) is 26.9. The van der Waals surface area contributed by atoms with Gasteiger partial charge in [0.05, 0.1) is 6.54 Å². The number of rotatable bonds is 20. The molecule has 2 atom stereocenters. The summed E-state index contributed by atoms with van der Waals surface area (Å²) in [7, 11) is 0. The second-order valence-corrected chi connectivity index (χ2v) is 11.7.